The maximum absolute atomic E-state index is 12.8. The molecule has 5 nitrogen and oxygen atoms in total. The Hall–Kier alpha value is -2.18. The molecule has 2 aromatic carbocycles. The van der Waals surface area contributed by atoms with E-state index >= 15 is 0 Å². The number of hydrogen-bond donors (Lipinski definition) is 1. The summed E-state index contributed by atoms with van der Waals surface area (Å²) in [6.45, 7) is 5.78. The number of para-hydroxylation sites is 1. The molecule has 2 aromatic rings. The highest BCUT2D eigenvalue weighted by Crippen LogP contribution is 2.23. The number of amides is 1. The molecule has 0 aromatic heterocycles. The van der Waals surface area contributed by atoms with Crippen molar-refractivity contribution in [2.75, 3.05) is 11.4 Å². The average molecular weight is 332 g/mol. The molecule has 0 radical (unpaired) electrons. The van der Waals surface area contributed by atoms with Gasteiger partial charge in [-0.05, 0) is 56.2 Å². The Morgan fingerprint density at radius 3 is 2.26 bits per heavy atom. The minimum atomic E-state index is -3.88. The highest BCUT2D eigenvalue weighted by Gasteiger charge is 2.21. The molecular weight excluding hydrogens is 312 g/mol. The van der Waals surface area contributed by atoms with E-state index in [9.17, 15) is 13.2 Å². The van der Waals surface area contributed by atoms with Crippen LogP contribution in [0.3, 0.4) is 0 Å². The fourth-order valence-electron chi connectivity index (χ4n) is 2.45. The maximum atomic E-state index is 12.8. The number of primary sulfonamides is 1. The van der Waals surface area contributed by atoms with E-state index < -0.39 is 10.0 Å². The molecule has 0 heterocycles. The first kappa shape index (κ1) is 17.2. The summed E-state index contributed by atoms with van der Waals surface area (Å²) >= 11 is 0. The number of aryl methyl sites for hydroxylation is 1. The van der Waals surface area contributed by atoms with Crippen molar-refractivity contribution in [3.8, 4) is 0 Å². The molecule has 0 spiro atoms. The first-order valence-corrected chi connectivity index (χ1v) is 8.81. The lowest BCUT2D eigenvalue weighted by molar-refractivity contribution is 0.0988. The van der Waals surface area contributed by atoms with Gasteiger partial charge >= 0.3 is 0 Å². The number of sulfonamides is 1. The van der Waals surface area contributed by atoms with Gasteiger partial charge in [0.2, 0.25) is 10.0 Å². The zero-order chi connectivity index (χ0) is 17.2. The number of nitrogens with two attached hydrogens (primary N) is 1. The number of hydrogen-bond acceptors (Lipinski definition) is 3. The topological polar surface area (TPSA) is 80.5 Å². The third kappa shape index (κ3) is 3.60. The fraction of sp³-hybridized carbons (Fsp3) is 0.235. The van der Waals surface area contributed by atoms with Gasteiger partial charge in [0.25, 0.3) is 5.91 Å². The molecular formula is C17H20N2O3S. The molecule has 1 amide bonds. The van der Waals surface area contributed by atoms with Gasteiger partial charge in [-0.15, -0.1) is 0 Å². The van der Waals surface area contributed by atoms with Gasteiger partial charge in [-0.25, -0.2) is 13.6 Å². The van der Waals surface area contributed by atoms with E-state index in [1.165, 1.54) is 6.07 Å². The standard InChI is InChI=1S/C17H20N2O3S/c1-4-19(15-8-6-5-7-9-15)17(20)14-10-12(2)13(3)16(11-14)23(18,21)22/h5-11H,4H2,1-3H3,(H2,18,21,22). The van der Waals surface area contributed by atoms with Gasteiger partial charge in [0.15, 0.2) is 0 Å². The second-order valence-corrected chi connectivity index (χ2v) is 6.88. The lowest BCUT2D eigenvalue weighted by atomic mass is 10.0. The van der Waals surface area contributed by atoms with E-state index in [2.05, 4.69) is 0 Å². The summed E-state index contributed by atoms with van der Waals surface area (Å²) in [4.78, 5) is 14.4. The highest BCUT2D eigenvalue weighted by molar-refractivity contribution is 7.89. The minimum absolute atomic E-state index is 0.00929. The predicted molar refractivity (Wildman–Crippen MR) is 91.1 cm³/mol. The Balaban J connectivity index is 2.53. The SMILES string of the molecule is CCN(C(=O)c1cc(C)c(C)c(S(N)(=O)=O)c1)c1ccccc1. The van der Waals surface area contributed by atoms with Gasteiger partial charge in [-0.3, -0.25) is 4.79 Å². The molecule has 2 N–H and O–H groups in total. The lowest BCUT2D eigenvalue weighted by Crippen LogP contribution is -2.31. The molecule has 0 aliphatic rings. The summed E-state index contributed by atoms with van der Waals surface area (Å²) in [7, 11) is -3.88. The lowest BCUT2D eigenvalue weighted by Gasteiger charge is -2.22. The van der Waals surface area contributed by atoms with Crippen LogP contribution in [0.2, 0.25) is 0 Å². The molecule has 0 saturated heterocycles. The molecule has 0 saturated carbocycles. The van der Waals surface area contributed by atoms with E-state index in [0.717, 1.165) is 5.69 Å². The number of benzene rings is 2. The smallest absolute Gasteiger partial charge is 0.258 e. The summed E-state index contributed by atoms with van der Waals surface area (Å²) in [6.07, 6.45) is 0. The van der Waals surface area contributed by atoms with Crippen LogP contribution in [0.1, 0.15) is 28.4 Å². The van der Waals surface area contributed by atoms with Crippen molar-refractivity contribution >= 4 is 21.6 Å². The molecule has 0 aliphatic heterocycles. The van der Waals surface area contributed by atoms with Crippen LogP contribution in [0.4, 0.5) is 5.69 Å². The molecule has 122 valence electrons. The molecule has 0 fully saturated rings. The van der Waals surface area contributed by atoms with Crippen molar-refractivity contribution in [2.24, 2.45) is 5.14 Å². The van der Waals surface area contributed by atoms with E-state index in [4.69, 9.17) is 5.14 Å². The summed E-state index contributed by atoms with van der Waals surface area (Å²) in [5, 5.41) is 5.26. The monoisotopic (exact) mass is 332 g/mol. The van der Waals surface area contributed by atoms with Crippen LogP contribution in [0.25, 0.3) is 0 Å². The van der Waals surface area contributed by atoms with Crippen molar-refractivity contribution in [2.45, 2.75) is 25.7 Å². The molecule has 0 aliphatic carbocycles. The zero-order valence-electron chi connectivity index (χ0n) is 13.4. The van der Waals surface area contributed by atoms with E-state index in [1.54, 1.807) is 24.8 Å². The molecule has 2 rings (SSSR count). The number of nitrogens with zero attached hydrogens (tertiary/aromatic N) is 1. The second kappa shape index (κ2) is 6.52. The van der Waals surface area contributed by atoms with Crippen molar-refractivity contribution < 1.29 is 13.2 Å². The van der Waals surface area contributed by atoms with E-state index in [0.29, 0.717) is 23.2 Å². The normalized spacial score (nSPS) is 11.3. The summed E-state index contributed by atoms with van der Waals surface area (Å²) < 4.78 is 23.5. The Bertz CT molecular complexity index is 830. The van der Waals surface area contributed by atoms with Gasteiger partial charge in [-0.2, -0.15) is 0 Å². The molecule has 23 heavy (non-hydrogen) atoms. The Morgan fingerprint density at radius 1 is 1.13 bits per heavy atom. The van der Waals surface area contributed by atoms with Crippen LogP contribution < -0.4 is 10.0 Å². The van der Waals surface area contributed by atoms with Gasteiger partial charge in [0.1, 0.15) is 0 Å². The molecule has 6 heteroatoms. The minimum Gasteiger partial charge on any atom is -0.309 e. The number of rotatable bonds is 4. The van der Waals surface area contributed by atoms with Gasteiger partial charge in [0.05, 0.1) is 4.90 Å². The zero-order valence-corrected chi connectivity index (χ0v) is 14.2. The van der Waals surface area contributed by atoms with Crippen LogP contribution in [0.5, 0.6) is 0 Å². The van der Waals surface area contributed by atoms with E-state index in [1.807, 2.05) is 37.3 Å². The number of carbonyl (C=O) groups excluding carboxylic acids is 1. The summed E-state index contributed by atoms with van der Waals surface area (Å²) in [5.41, 5.74) is 2.34. The predicted octanol–water partition coefficient (Wildman–Crippen LogP) is 2.62. The van der Waals surface area contributed by atoms with Crippen molar-refractivity contribution in [3.63, 3.8) is 0 Å². The Kier molecular flexibility index (Phi) is 4.87. The maximum Gasteiger partial charge on any atom is 0.258 e. The fourth-order valence-corrected chi connectivity index (χ4v) is 3.33. The highest BCUT2D eigenvalue weighted by atomic mass is 32.2. The first-order chi connectivity index (χ1) is 10.8. The van der Waals surface area contributed by atoms with Crippen molar-refractivity contribution in [1.82, 2.24) is 0 Å². The quantitative estimate of drug-likeness (QED) is 0.934. The largest absolute Gasteiger partial charge is 0.309 e. The van der Waals surface area contributed by atoms with Gasteiger partial charge in [0, 0.05) is 17.8 Å². The first-order valence-electron chi connectivity index (χ1n) is 7.26. The molecule has 0 unspecified atom stereocenters. The Labute approximate surface area is 136 Å². The van der Waals surface area contributed by atoms with Crippen LogP contribution in [0, 0.1) is 13.8 Å². The van der Waals surface area contributed by atoms with Crippen LogP contribution >= 0.6 is 0 Å². The number of carbonyl (C=O) groups is 1. The van der Waals surface area contributed by atoms with Crippen LogP contribution in [0.15, 0.2) is 47.4 Å². The van der Waals surface area contributed by atoms with Gasteiger partial charge < -0.3 is 4.90 Å². The van der Waals surface area contributed by atoms with Gasteiger partial charge in [-0.1, -0.05) is 18.2 Å². The molecule has 0 bridgehead atoms. The number of anilines is 1. The summed E-state index contributed by atoms with van der Waals surface area (Å²) in [5.74, 6) is -0.258. The van der Waals surface area contributed by atoms with E-state index in [-0.39, 0.29) is 10.8 Å². The Morgan fingerprint density at radius 2 is 1.74 bits per heavy atom. The third-order valence-electron chi connectivity index (χ3n) is 3.80. The summed E-state index contributed by atoms with van der Waals surface area (Å²) in [6, 6.07) is 12.3. The second-order valence-electron chi connectivity index (χ2n) is 5.35. The van der Waals surface area contributed by atoms with Crippen molar-refractivity contribution in [1.29, 1.82) is 0 Å². The average Bonchev–Trinajstić information content (AvgIpc) is 2.50. The van der Waals surface area contributed by atoms with Crippen LogP contribution in [-0.4, -0.2) is 20.9 Å². The third-order valence-corrected chi connectivity index (χ3v) is 4.84. The molecule has 0 atom stereocenters. The van der Waals surface area contributed by atoms with Crippen LogP contribution in [-0.2, 0) is 10.0 Å². The van der Waals surface area contributed by atoms with Crippen molar-refractivity contribution in [3.05, 3.63) is 59.2 Å².